The number of nitrogens with zero attached hydrogens (tertiary/aromatic N) is 2. The Balaban J connectivity index is 0.00000101. The van der Waals surface area contributed by atoms with Crippen LogP contribution in [0.1, 0.15) is 76.0 Å². The molecule has 0 radical (unpaired) electrons. The number of hydrogen-bond donors (Lipinski definition) is 0. The molecule has 3 rings (SSSR count). The maximum absolute atomic E-state index is 13.6. The summed E-state index contributed by atoms with van der Waals surface area (Å²) in [5, 5.41) is 7.32. The van der Waals surface area contributed by atoms with Crippen molar-refractivity contribution in [2.24, 2.45) is 0 Å². The lowest BCUT2D eigenvalue weighted by atomic mass is 9.78. The maximum Gasteiger partial charge on any atom is 0.107 e. The van der Waals surface area contributed by atoms with Crippen molar-refractivity contribution in [3.05, 3.63) is 71.3 Å². The minimum atomic E-state index is -0.627. The molecule has 2 nitrogen and oxygen atoms in total. The quantitative estimate of drug-likeness (QED) is 0.444. The van der Waals surface area contributed by atoms with Crippen LogP contribution in [0, 0.1) is 11.3 Å². The molecule has 1 aliphatic carbocycles. The SMILES string of the molecule is CC#N.CCC(CCc1ccc(C2CCC2F)cc1)N(Cc1ccccc1)C(C)C. The molecular weight excluding hydrogens is 371 g/mol. The average Bonchev–Trinajstić information content (AvgIpc) is 2.74. The van der Waals surface area contributed by atoms with Gasteiger partial charge in [0, 0.05) is 31.5 Å². The smallest absolute Gasteiger partial charge is 0.107 e. The molecule has 3 unspecified atom stereocenters. The number of alkyl halides is 1. The Kier molecular flexibility index (Phi) is 10.0. The van der Waals surface area contributed by atoms with Crippen molar-refractivity contribution in [3.63, 3.8) is 0 Å². The van der Waals surface area contributed by atoms with E-state index in [0.29, 0.717) is 12.1 Å². The molecular formula is C27H37FN2. The van der Waals surface area contributed by atoms with Gasteiger partial charge in [0.2, 0.25) is 0 Å². The topological polar surface area (TPSA) is 27.0 Å². The van der Waals surface area contributed by atoms with Crippen LogP contribution < -0.4 is 0 Å². The summed E-state index contributed by atoms with van der Waals surface area (Å²) in [7, 11) is 0. The predicted octanol–water partition coefficient (Wildman–Crippen LogP) is 7.05. The second-order valence-electron chi connectivity index (χ2n) is 8.52. The van der Waals surface area contributed by atoms with Gasteiger partial charge in [-0.15, -0.1) is 0 Å². The third kappa shape index (κ3) is 6.96. The van der Waals surface area contributed by atoms with E-state index in [0.717, 1.165) is 38.6 Å². The van der Waals surface area contributed by atoms with Gasteiger partial charge in [0.25, 0.3) is 0 Å². The number of nitriles is 1. The van der Waals surface area contributed by atoms with E-state index in [1.807, 2.05) is 0 Å². The summed E-state index contributed by atoms with van der Waals surface area (Å²) >= 11 is 0. The van der Waals surface area contributed by atoms with Gasteiger partial charge >= 0.3 is 0 Å². The first-order valence-corrected chi connectivity index (χ1v) is 11.3. The summed E-state index contributed by atoms with van der Waals surface area (Å²) in [5.41, 5.74) is 3.93. The van der Waals surface area contributed by atoms with Crippen LogP contribution >= 0.6 is 0 Å². The van der Waals surface area contributed by atoms with Gasteiger partial charge in [-0.2, -0.15) is 5.26 Å². The van der Waals surface area contributed by atoms with Crippen molar-refractivity contribution in [2.75, 3.05) is 0 Å². The summed E-state index contributed by atoms with van der Waals surface area (Å²) < 4.78 is 13.6. The Hall–Kier alpha value is -2.18. The number of benzene rings is 2. The van der Waals surface area contributed by atoms with Crippen LogP contribution in [0.3, 0.4) is 0 Å². The molecule has 0 aliphatic heterocycles. The van der Waals surface area contributed by atoms with E-state index < -0.39 is 6.17 Å². The van der Waals surface area contributed by atoms with Gasteiger partial charge in [0.15, 0.2) is 0 Å². The highest BCUT2D eigenvalue weighted by atomic mass is 19.1. The molecule has 30 heavy (non-hydrogen) atoms. The Bertz CT molecular complexity index is 764. The third-order valence-corrected chi connectivity index (χ3v) is 6.18. The molecule has 0 spiro atoms. The van der Waals surface area contributed by atoms with E-state index in [9.17, 15) is 4.39 Å². The van der Waals surface area contributed by atoms with Crippen LogP contribution in [0.2, 0.25) is 0 Å². The second kappa shape index (κ2) is 12.5. The van der Waals surface area contributed by atoms with Gasteiger partial charge in [-0.1, -0.05) is 61.5 Å². The summed E-state index contributed by atoms with van der Waals surface area (Å²) in [4.78, 5) is 2.63. The molecule has 0 N–H and O–H groups in total. The molecule has 1 fully saturated rings. The van der Waals surface area contributed by atoms with E-state index >= 15 is 0 Å². The second-order valence-corrected chi connectivity index (χ2v) is 8.52. The molecule has 0 aromatic heterocycles. The lowest BCUT2D eigenvalue weighted by molar-refractivity contribution is 0.132. The number of halogens is 1. The van der Waals surface area contributed by atoms with Crippen LogP contribution in [0.15, 0.2) is 54.6 Å². The lowest BCUT2D eigenvalue weighted by Crippen LogP contribution is -2.39. The Morgan fingerprint density at radius 1 is 1.03 bits per heavy atom. The lowest BCUT2D eigenvalue weighted by Gasteiger charge is -2.35. The highest BCUT2D eigenvalue weighted by molar-refractivity contribution is 5.28. The van der Waals surface area contributed by atoms with Gasteiger partial charge in [-0.3, -0.25) is 4.90 Å². The zero-order valence-electron chi connectivity index (χ0n) is 19.0. The fourth-order valence-corrected chi connectivity index (χ4v) is 4.23. The molecule has 0 bridgehead atoms. The molecule has 3 heteroatoms. The van der Waals surface area contributed by atoms with E-state index in [-0.39, 0.29) is 5.92 Å². The number of hydrogen-bond acceptors (Lipinski definition) is 2. The first-order chi connectivity index (χ1) is 14.5. The number of rotatable bonds is 9. The van der Waals surface area contributed by atoms with Crippen molar-refractivity contribution in [2.45, 2.75) is 90.5 Å². The molecule has 0 amide bonds. The Morgan fingerprint density at radius 2 is 1.67 bits per heavy atom. The zero-order chi connectivity index (χ0) is 21.9. The van der Waals surface area contributed by atoms with Crippen molar-refractivity contribution < 1.29 is 4.39 Å². The van der Waals surface area contributed by atoms with Crippen molar-refractivity contribution in [1.82, 2.24) is 4.90 Å². The van der Waals surface area contributed by atoms with Crippen LogP contribution in [-0.4, -0.2) is 23.2 Å². The predicted molar refractivity (Wildman–Crippen MR) is 124 cm³/mol. The van der Waals surface area contributed by atoms with Gasteiger partial charge in [-0.05, 0) is 62.6 Å². The number of aryl methyl sites for hydroxylation is 1. The molecule has 0 heterocycles. The van der Waals surface area contributed by atoms with Crippen molar-refractivity contribution >= 4 is 0 Å². The third-order valence-electron chi connectivity index (χ3n) is 6.18. The Labute approximate surface area is 182 Å². The Morgan fingerprint density at radius 3 is 2.13 bits per heavy atom. The van der Waals surface area contributed by atoms with Gasteiger partial charge in [0.05, 0.1) is 6.07 Å². The average molecular weight is 409 g/mol. The van der Waals surface area contributed by atoms with Crippen LogP contribution in [0.5, 0.6) is 0 Å². The summed E-state index contributed by atoms with van der Waals surface area (Å²) in [6, 6.07) is 22.4. The van der Waals surface area contributed by atoms with E-state index in [2.05, 4.69) is 80.3 Å². The van der Waals surface area contributed by atoms with Crippen molar-refractivity contribution in [1.29, 1.82) is 5.26 Å². The maximum atomic E-state index is 13.6. The molecule has 0 saturated heterocycles. The first-order valence-electron chi connectivity index (χ1n) is 11.3. The summed E-state index contributed by atoms with van der Waals surface area (Å²) in [6.45, 7) is 9.33. The normalized spacial score (nSPS) is 18.9. The highest BCUT2D eigenvalue weighted by Gasteiger charge is 2.31. The summed E-state index contributed by atoms with van der Waals surface area (Å²) in [5.74, 6) is 0.143. The zero-order valence-corrected chi connectivity index (χ0v) is 19.0. The first kappa shape index (κ1) is 24.1. The highest BCUT2D eigenvalue weighted by Crippen LogP contribution is 2.39. The van der Waals surface area contributed by atoms with Crippen LogP contribution in [0.4, 0.5) is 4.39 Å². The van der Waals surface area contributed by atoms with Gasteiger partial charge < -0.3 is 0 Å². The molecule has 1 aliphatic rings. The monoisotopic (exact) mass is 408 g/mol. The van der Waals surface area contributed by atoms with Crippen LogP contribution in [0.25, 0.3) is 0 Å². The summed E-state index contributed by atoms with van der Waals surface area (Å²) in [6.07, 6.45) is 4.52. The van der Waals surface area contributed by atoms with Crippen LogP contribution in [-0.2, 0) is 13.0 Å². The van der Waals surface area contributed by atoms with E-state index in [1.165, 1.54) is 23.6 Å². The fraction of sp³-hybridized carbons (Fsp3) is 0.519. The largest absolute Gasteiger partial charge is 0.294 e. The fourth-order valence-electron chi connectivity index (χ4n) is 4.23. The van der Waals surface area contributed by atoms with Gasteiger partial charge in [0.1, 0.15) is 6.17 Å². The minimum Gasteiger partial charge on any atom is -0.294 e. The minimum absolute atomic E-state index is 0.143. The molecule has 2 aromatic carbocycles. The van der Waals surface area contributed by atoms with Gasteiger partial charge in [-0.25, -0.2) is 4.39 Å². The molecule has 1 saturated carbocycles. The van der Waals surface area contributed by atoms with E-state index in [4.69, 9.17) is 5.26 Å². The molecule has 3 atom stereocenters. The standard InChI is InChI=1S/C25H34FN.C2H3N/c1-4-23(27(19(2)3)18-21-8-6-5-7-9-21)15-12-20-10-13-22(14-11-20)24-16-17-25(24)26;1-2-3/h5-11,13-14,19,23-25H,4,12,15-18H2,1-3H3;1H3. The van der Waals surface area contributed by atoms with Crippen molar-refractivity contribution in [3.8, 4) is 6.07 Å². The molecule has 162 valence electrons. The van der Waals surface area contributed by atoms with E-state index in [1.54, 1.807) is 6.07 Å². The molecule has 2 aromatic rings.